The van der Waals surface area contributed by atoms with Gasteiger partial charge in [0.2, 0.25) is 5.91 Å². The molecule has 10 heteroatoms. The number of carbonyl (C=O) groups excluding carboxylic acids is 1. The summed E-state index contributed by atoms with van der Waals surface area (Å²) in [5, 5.41) is 9.70. The van der Waals surface area contributed by atoms with E-state index in [0.29, 0.717) is 22.8 Å². The molecule has 30 heavy (non-hydrogen) atoms. The zero-order valence-corrected chi connectivity index (χ0v) is 16.8. The number of amides is 1. The Labute approximate surface area is 175 Å². The summed E-state index contributed by atoms with van der Waals surface area (Å²) in [6.45, 7) is 0.923. The molecule has 0 radical (unpaired) electrons. The van der Waals surface area contributed by atoms with Crippen LogP contribution in [-0.2, 0) is 11.3 Å². The number of anilines is 1. The first-order valence-electron chi connectivity index (χ1n) is 9.03. The maximum Gasteiger partial charge on any atom is 0.422 e. The number of alkyl halides is 3. The summed E-state index contributed by atoms with van der Waals surface area (Å²) in [7, 11) is 0. The first-order chi connectivity index (χ1) is 14.2. The molecule has 0 bridgehead atoms. The quantitative estimate of drug-likeness (QED) is 0.518. The van der Waals surface area contributed by atoms with E-state index in [1.165, 1.54) is 24.3 Å². The normalized spacial score (nSPS) is 11.3. The van der Waals surface area contributed by atoms with Crippen LogP contribution in [0, 0.1) is 11.7 Å². The molecule has 1 aromatic heterocycles. The lowest BCUT2D eigenvalue weighted by atomic mass is 10.1. The molecule has 3 aromatic rings. The number of H-pyrrole nitrogens is 1. The second kappa shape index (κ2) is 9.12. The fraction of sp³-hybridized carbons (Fsp3) is 0.250. The van der Waals surface area contributed by atoms with E-state index < -0.39 is 12.8 Å². The van der Waals surface area contributed by atoms with Gasteiger partial charge in [-0.05, 0) is 49.5 Å². The number of hydrogen-bond acceptors (Lipinski definition) is 4. The monoisotopic (exact) mass is 436 g/mol. The molecule has 3 rings (SSSR count). The molecule has 0 spiro atoms. The van der Waals surface area contributed by atoms with E-state index in [-0.39, 0.29) is 18.1 Å². The third kappa shape index (κ3) is 5.93. The van der Waals surface area contributed by atoms with Crippen molar-refractivity contribution in [3.05, 3.63) is 58.9 Å². The van der Waals surface area contributed by atoms with Gasteiger partial charge in [-0.25, -0.2) is 0 Å². The van der Waals surface area contributed by atoms with Crippen LogP contribution in [-0.4, -0.2) is 33.5 Å². The third-order valence-electron chi connectivity index (χ3n) is 4.14. The minimum Gasteiger partial charge on any atom is -0.484 e. The Balaban J connectivity index is 1.59. The average Bonchev–Trinajstić information content (AvgIpc) is 3.06. The minimum absolute atomic E-state index is 0.0674. The highest BCUT2D eigenvalue weighted by atomic mass is 32.1. The van der Waals surface area contributed by atoms with Gasteiger partial charge in [-0.2, -0.15) is 18.3 Å². The lowest BCUT2D eigenvalue weighted by Gasteiger charge is -2.11. The van der Waals surface area contributed by atoms with Crippen LogP contribution in [0.1, 0.15) is 12.0 Å². The van der Waals surface area contributed by atoms with E-state index in [0.717, 1.165) is 11.1 Å². The summed E-state index contributed by atoms with van der Waals surface area (Å²) in [6, 6.07) is 13.5. The van der Waals surface area contributed by atoms with E-state index in [2.05, 4.69) is 20.3 Å². The summed E-state index contributed by atoms with van der Waals surface area (Å²) >= 11 is 5.27. The van der Waals surface area contributed by atoms with Crippen LogP contribution in [0.25, 0.3) is 11.4 Å². The second-order valence-corrected chi connectivity index (χ2v) is 6.99. The smallest absolute Gasteiger partial charge is 0.422 e. The van der Waals surface area contributed by atoms with Gasteiger partial charge in [-0.3, -0.25) is 14.5 Å². The molecular formula is C20H19F3N4O2S. The van der Waals surface area contributed by atoms with Crippen LogP contribution >= 0.6 is 12.2 Å². The van der Waals surface area contributed by atoms with Crippen molar-refractivity contribution in [3.63, 3.8) is 0 Å². The Kier molecular flexibility index (Phi) is 6.56. The van der Waals surface area contributed by atoms with Gasteiger partial charge >= 0.3 is 6.18 Å². The van der Waals surface area contributed by atoms with Crippen LogP contribution in [0.4, 0.5) is 18.9 Å². The molecule has 2 aromatic carbocycles. The number of aryl methyl sites for hydroxylation is 1. The molecule has 0 aliphatic heterocycles. The summed E-state index contributed by atoms with van der Waals surface area (Å²) in [4.78, 5) is 12.3. The number of rotatable bonds is 7. The van der Waals surface area contributed by atoms with Crippen molar-refractivity contribution in [3.8, 4) is 17.1 Å². The van der Waals surface area contributed by atoms with E-state index in [4.69, 9.17) is 12.2 Å². The Morgan fingerprint density at radius 3 is 2.63 bits per heavy atom. The molecule has 0 saturated heterocycles. The van der Waals surface area contributed by atoms with Crippen molar-refractivity contribution < 1.29 is 22.7 Å². The SMILES string of the molecule is Cc1cccc(-c2n[nH]c(=S)n2CCC(=O)Nc2ccc(OCC(F)(F)F)cc2)c1. The van der Waals surface area contributed by atoms with Gasteiger partial charge in [0.25, 0.3) is 0 Å². The number of hydrogen-bond donors (Lipinski definition) is 2. The average molecular weight is 436 g/mol. The van der Waals surface area contributed by atoms with E-state index >= 15 is 0 Å². The van der Waals surface area contributed by atoms with Gasteiger partial charge in [0.15, 0.2) is 17.2 Å². The first kappa shape index (κ1) is 21.6. The molecule has 0 unspecified atom stereocenters. The highest BCUT2D eigenvalue weighted by molar-refractivity contribution is 7.71. The molecule has 0 aliphatic carbocycles. The largest absolute Gasteiger partial charge is 0.484 e. The van der Waals surface area contributed by atoms with Gasteiger partial charge in [0, 0.05) is 24.2 Å². The Morgan fingerprint density at radius 2 is 1.97 bits per heavy atom. The van der Waals surface area contributed by atoms with Gasteiger partial charge in [0.05, 0.1) is 0 Å². The van der Waals surface area contributed by atoms with Crippen molar-refractivity contribution >= 4 is 23.8 Å². The fourth-order valence-corrected chi connectivity index (χ4v) is 2.99. The molecule has 158 valence electrons. The fourth-order valence-electron chi connectivity index (χ4n) is 2.77. The standard InChI is InChI=1S/C20H19F3N4O2S/c1-13-3-2-4-14(11-13)18-25-26-19(30)27(18)10-9-17(28)24-15-5-7-16(8-6-15)29-12-20(21,22)23/h2-8,11H,9-10,12H2,1H3,(H,24,28)(H,26,30). The van der Waals surface area contributed by atoms with E-state index in [9.17, 15) is 18.0 Å². The zero-order valence-electron chi connectivity index (χ0n) is 16.0. The molecule has 1 heterocycles. The molecule has 0 atom stereocenters. The van der Waals surface area contributed by atoms with Crippen LogP contribution < -0.4 is 10.1 Å². The number of nitrogens with zero attached hydrogens (tertiary/aromatic N) is 2. The highest BCUT2D eigenvalue weighted by Gasteiger charge is 2.28. The summed E-state index contributed by atoms with van der Waals surface area (Å²) in [5.74, 6) is 0.442. The number of benzene rings is 2. The van der Waals surface area contributed by atoms with Crippen molar-refractivity contribution in [1.82, 2.24) is 14.8 Å². The lowest BCUT2D eigenvalue weighted by molar-refractivity contribution is -0.153. The lowest BCUT2D eigenvalue weighted by Crippen LogP contribution is -2.19. The van der Waals surface area contributed by atoms with Gasteiger partial charge in [0.1, 0.15) is 5.75 Å². The molecule has 0 fully saturated rings. The number of carbonyl (C=O) groups is 1. The van der Waals surface area contributed by atoms with Crippen molar-refractivity contribution in [2.75, 3.05) is 11.9 Å². The number of ether oxygens (including phenoxy) is 1. The maximum atomic E-state index is 12.3. The van der Waals surface area contributed by atoms with Crippen LogP contribution in [0.5, 0.6) is 5.75 Å². The summed E-state index contributed by atoms with van der Waals surface area (Å²) in [6.07, 6.45) is -4.27. The Hall–Kier alpha value is -3.14. The zero-order chi connectivity index (χ0) is 21.7. The molecule has 1 amide bonds. The van der Waals surface area contributed by atoms with E-state index in [1.54, 1.807) is 4.57 Å². The van der Waals surface area contributed by atoms with Crippen LogP contribution in [0.3, 0.4) is 0 Å². The number of halogens is 3. The maximum absolute atomic E-state index is 12.3. The predicted molar refractivity (Wildman–Crippen MR) is 109 cm³/mol. The Morgan fingerprint density at radius 1 is 1.23 bits per heavy atom. The van der Waals surface area contributed by atoms with Gasteiger partial charge in [-0.1, -0.05) is 23.8 Å². The topological polar surface area (TPSA) is 71.9 Å². The predicted octanol–water partition coefficient (Wildman–Crippen LogP) is 4.89. The number of nitrogens with one attached hydrogen (secondary N) is 2. The molecule has 6 nitrogen and oxygen atoms in total. The third-order valence-corrected chi connectivity index (χ3v) is 4.45. The number of aromatic nitrogens is 3. The Bertz CT molecular complexity index is 1070. The minimum atomic E-state index is -4.40. The molecule has 2 N–H and O–H groups in total. The van der Waals surface area contributed by atoms with Crippen molar-refractivity contribution in [2.45, 2.75) is 26.1 Å². The van der Waals surface area contributed by atoms with Crippen LogP contribution in [0.2, 0.25) is 0 Å². The number of aromatic amines is 1. The molecule has 0 aliphatic rings. The van der Waals surface area contributed by atoms with Gasteiger partial charge < -0.3 is 10.1 Å². The van der Waals surface area contributed by atoms with Crippen molar-refractivity contribution in [2.24, 2.45) is 0 Å². The van der Waals surface area contributed by atoms with Crippen LogP contribution in [0.15, 0.2) is 48.5 Å². The van der Waals surface area contributed by atoms with E-state index in [1.807, 2.05) is 31.2 Å². The van der Waals surface area contributed by atoms with Crippen molar-refractivity contribution in [1.29, 1.82) is 0 Å². The van der Waals surface area contributed by atoms with Gasteiger partial charge in [-0.15, -0.1) is 0 Å². The second-order valence-electron chi connectivity index (χ2n) is 6.60. The molecular weight excluding hydrogens is 417 g/mol. The summed E-state index contributed by atoms with van der Waals surface area (Å²) in [5.41, 5.74) is 2.42. The highest BCUT2D eigenvalue weighted by Crippen LogP contribution is 2.21. The first-order valence-corrected chi connectivity index (χ1v) is 9.44. The molecule has 0 saturated carbocycles. The summed E-state index contributed by atoms with van der Waals surface area (Å²) < 4.78 is 43.3.